The number of carbonyl (C=O) groups is 1. The Kier molecular flexibility index (Phi) is 6.64. The Bertz CT molecular complexity index is 817. The van der Waals surface area contributed by atoms with Gasteiger partial charge in [0.1, 0.15) is 0 Å². The van der Waals surface area contributed by atoms with Gasteiger partial charge in [0.25, 0.3) is 0 Å². The number of nitrogens with one attached hydrogen (secondary N) is 1. The minimum Gasteiger partial charge on any atom is -0.369 e. The maximum atomic E-state index is 12.3. The number of rotatable bonds is 5. The minimum absolute atomic E-state index is 0.0721. The molecule has 3 rings (SSSR count). The average molecular weight is 406 g/mol. The summed E-state index contributed by atoms with van der Waals surface area (Å²) >= 11 is 11.9. The lowest BCUT2D eigenvalue weighted by Crippen LogP contribution is -2.46. The normalized spacial score (nSPS) is 15.0. The molecule has 0 aromatic heterocycles. The summed E-state index contributed by atoms with van der Waals surface area (Å²) in [5.41, 5.74) is 4.07. The third kappa shape index (κ3) is 5.16. The van der Waals surface area contributed by atoms with Crippen LogP contribution in [0.5, 0.6) is 0 Å². The summed E-state index contributed by atoms with van der Waals surface area (Å²) in [5, 5.41) is 3.93. The monoisotopic (exact) mass is 405 g/mol. The standard InChI is InChI=1S/C21H25Cl2N3O/c1-3-25-8-10-26(11-9-25)20-7-5-17(12-15(20)2)24-21(27)14-16-4-6-18(22)19(23)13-16/h4-7,12-13H,3,8-11,14H2,1-2H3,(H,24,27). The van der Waals surface area contributed by atoms with Crippen LogP contribution in [-0.2, 0) is 11.2 Å². The van der Waals surface area contributed by atoms with Crippen molar-refractivity contribution in [3.63, 3.8) is 0 Å². The molecular formula is C21H25Cl2N3O. The van der Waals surface area contributed by atoms with E-state index >= 15 is 0 Å². The molecule has 2 aromatic rings. The molecule has 0 bridgehead atoms. The van der Waals surface area contributed by atoms with Crippen LogP contribution in [0.3, 0.4) is 0 Å². The fraction of sp³-hybridized carbons (Fsp3) is 0.381. The number of aryl methyl sites for hydroxylation is 1. The maximum Gasteiger partial charge on any atom is 0.228 e. The highest BCUT2D eigenvalue weighted by atomic mass is 35.5. The third-order valence-electron chi connectivity index (χ3n) is 4.99. The van der Waals surface area contributed by atoms with Gasteiger partial charge < -0.3 is 15.1 Å². The number of carbonyl (C=O) groups excluding carboxylic acids is 1. The van der Waals surface area contributed by atoms with Gasteiger partial charge in [-0.25, -0.2) is 0 Å². The van der Waals surface area contributed by atoms with Crippen molar-refractivity contribution in [1.29, 1.82) is 0 Å². The fourth-order valence-corrected chi connectivity index (χ4v) is 3.75. The van der Waals surface area contributed by atoms with Gasteiger partial charge in [-0.05, 0) is 54.9 Å². The molecule has 0 unspecified atom stereocenters. The summed E-state index contributed by atoms with van der Waals surface area (Å²) in [7, 11) is 0. The van der Waals surface area contributed by atoms with E-state index in [0.29, 0.717) is 10.0 Å². The molecule has 1 N–H and O–H groups in total. The van der Waals surface area contributed by atoms with E-state index in [1.165, 1.54) is 11.3 Å². The predicted octanol–water partition coefficient (Wildman–Crippen LogP) is 4.62. The van der Waals surface area contributed by atoms with E-state index in [1.54, 1.807) is 12.1 Å². The van der Waals surface area contributed by atoms with Crippen molar-refractivity contribution in [2.75, 3.05) is 42.9 Å². The maximum absolute atomic E-state index is 12.3. The number of halogens is 2. The van der Waals surface area contributed by atoms with Gasteiger partial charge in [0.2, 0.25) is 5.91 Å². The molecule has 4 nitrogen and oxygen atoms in total. The van der Waals surface area contributed by atoms with Gasteiger partial charge in [-0.2, -0.15) is 0 Å². The average Bonchev–Trinajstić information content (AvgIpc) is 2.65. The zero-order valence-corrected chi connectivity index (χ0v) is 17.3. The van der Waals surface area contributed by atoms with Crippen molar-refractivity contribution in [2.45, 2.75) is 20.3 Å². The molecule has 1 fully saturated rings. The Morgan fingerprint density at radius 3 is 2.41 bits per heavy atom. The summed E-state index contributed by atoms with van der Waals surface area (Å²) in [6.45, 7) is 9.68. The Balaban J connectivity index is 1.61. The van der Waals surface area contributed by atoms with E-state index in [0.717, 1.165) is 44.0 Å². The van der Waals surface area contributed by atoms with Crippen LogP contribution >= 0.6 is 23.2 Å². The van der Waals surface area contributed by atoms with E-state index in [9.17, 15) is 4.79 Å². The van der Waals surface area contributed by atoms with Crippen LogP contribution in [0.1, 0.15) is 18.1 Å². The van der Waals surface area contributed by atoms with Crippen molar-refractivity contribution < 1.29 is 4.79 Å². The second kappa shape index (κ2) is 8.96. The summed E-state index contributed by atoms with van der Waals surface area (Å²) in [4.78, 5) is 17.2. The number of benzene rings is 2. The van der Waals surface area contributed by atoms with Gasteiger partial charge >= 0.3 is 0 Å². The molecule has 0 radical (unpaired) electrons. The number of hydrogen-bond acceptors (Lipinski definition) is 3. The molecule has 144 valence electrons. The number of nitrogens with zero attached hydrogens (tertiary/aromatic N) is 2. The van der Waals surface area contributed by atoms with Crippen molar-refractivity contribution >= 4 is 40.5 Å². The van der Waals surface area contributed by atoms with E-state index in [2.05, 4.69) is 35.0 Å². The number of piperazine rings is 1. The van der Waals surface area contributed by atoms with Crippen LogP contribution in [0.25, 0.3) is 0 Å². The Labute approximate surface area is 171 Å². The smallest absolute Gasteiger partial charge is 0.228 e. The first-order valence-corrected chi connectivity index (χ1v) is 10.0. The van der Waals surface area contributed by atoms with E-state index in [4.69, 9.17) is 23.2 Å². The highest BCUT2D eigenvalue weighted by Gasteiger charge is 2.17. The van der Waals surface area contributed by atoms with Gasteiger partial charge in [0.15, 0.2) is 0 Å². The SMILES string of the molecule is CCN1CCN(c2ccc(NC(=O)Cc3ccc(Cl)c(Cl)c3)cc2C)CC1. The predicted molar refractivity (Wildman–Crippen MR) is 114 cm³/mol. The molecule has 1 heterocycles. The third-order valence-corrected chi connectivity index (χ3v) is 5.73. The van der Waals surface area contributed by atoms with Crippen LogP contribution < -0.4 is 10.2 Å². The lowest BCUT2D eigenvalue weighted by Gasteiger charge is -2.36. The van der Waals surface area contributed by atoms with E-state index < -0.39 is 0 Å². The largest absolute Gasteiger partial charge is 0.369 e. The Morgan fingerprint density at radius 2 is 1.78 bits per heavy atom. The minimum atomic E-state index is -0.0721. The molecule has 2 aromatic carbocycles. The summed E-state index contributed by atoms with van der Waals surface area (Å²) in [5.74, 6) is -0.0721. The van der Waals surface area contributed by atoms with E-state index in [1.807, 2.05) is 18.2 Å². The Morgan fingerprint density at radius 1 is 1.04 bits per heavy atom. The lowest BCUT2D eigenvalue weighted by molar-refractivity contribution is -0.115. The molecule has 1 aliphatic rings. The van der Waals surface area contributed by atoms with Crippen molar-refractivity contribution in [1.82, 2.24) is 4.90 Å². The van der Waals surface area contributed by atoms with Crippen molar-refractivity contribution in [2.24, 2.45) is 0 Å². The van der Waals surface area contributed by atoms with Crippen molar-refractivity contribution in [3.8, 4) is 0 Å². The first-order chi connectivity index (χ1) is 13.0. The molecule has 1 saturated heterocycles. The van der Waals surface area contributed by atoms with Gasteiger partial charge in [0, 0.05) is 37.6 Å². The van der Waals surface area contributed by atoms with Crippen LogP contribution in [0.2, 0.25) is 10.0 Å². The highest BCUT2D eigenvalue weighted by Crippen LogP contribution is 2.26. The molecule has 1 amide bonds. The van der Waals surface area contributed by atoms with Crippen LogP contribution in [-0.4, -0.2) is 43.5 Å². The fourth-order valence-electron chi connectivity index (χ4n) is 3.43. The summed E-state index contributed by atoms with van der Waals surface area (Å²) in [6.07, 6.45) is 0.261. The molecule has 1 aliphatic heterocycles. The van der Waals surface area contributed by atoms with Crippen LogP contribution in [0.4, 0.5) is 11.4 Å². The second-order valence-corrected chi connectivity index (χ2v) is 7.71. The molecule has 0 spiro atoms. The highest BCUT2D eigenvalue weighted by molar-refractivity contribution is 6.42. The first kappa shape index (κ1) is 20.0. The van der Waals surface area contributed by atoms with Gasteiger partial charge in [-0.3, -0.25) is 4.79 Å². The molecule has 0 saturated carbocycles. The number of anilines is 2. The number of likely N-dealkylation sites (N-methyl/N-ethyl adjacent to an activating group) is 1. The van der Waals surface area contributed by atoms with Gasteiger partial charge in [-0.1, -0.05) is 36.2 Å². The quantitative estimate of drug-likeness (QED) is 0.787. The summed E-state index contributed by atoms with van der Waals surface area (Å²) in [6, 6.07) is 11.4. The second-order valence-electron chi connectivity index (χ2n) is 6.90. The zero-order chi connectivity index (χ0) is 19.4. The lowest BCUT2D eigenvalue weighted by atomic mass is 10.1. The molecule has 27 heavy (non-hydrogen) atoms. The number of hydrogen-bond donors (Lipinski definition) is 1. The van der Waals surface area contributed by atoms with Gasteiger partial charge in [0.05, 0.1) is 16.5 Å². The van der Waals surface area contributed by atoms with E-state index in [-0.39, 0.29) is 12.3 Å². The Hall–Kier alpha value is -1.75. The molecule has 6 heteroatoms. The number of amides is 1. The topological polar surface area (TPSA) is 35.6 Å². The summed E-state index contributed by atoms with van der Waals surface area (Å²) < 4.78 is 0. The van der Waals surface area contributed by atoms with Crippen LogP contribution in [0, 0.1) is 6.92 Å². The molecule has 0 atom stereocenters. The zero-order valence-electron chi connectivity index (χ0n) is 15.8. The first-order valence-electron chi connectivity index (χ1n) is 9.28. The molecule has 0 aliphatic carbocycles. The van der Waals surface area contributed by atoms with Crippen LogP contribution in [0.15, 0.2) is 36.4 Å². The van der Waals surface area contributed by atoms with Gasteiger partial charge in [-0.15, -0.1) is 0 Å². The van der Waals surface area contributed by atoms with Crippen molar-refractivity contribution in [3.05, 3.63) is 57.6 Å². The molecular weight excluding hydrogens is 381 g/mol.